The first-order valence-electron chi connectivity index (χ1n) is 5.56. The Hall–Kier alpha value is -1.05. The molecule has 0 aromatic rings. The highest BCUT2D eigenvalue weighted by Gasteiger charge is 2.08. The first-order chi connectivity index (χ1) is 7.09. The van der Waals surface area contributed by atoms with Crippen LogP contribution in [0.25, 0.3) is 0 Å². The van der Waals surface area contributed by atoms with Gasteiger partial charge in [0.1, 0.15) is 0 Å². The fraction of sp³-hybridized carbons (Fsp3) is 0.615. The van der Waals surface area contributed by atoms with E-state index >= 15 is 0 Å². The van der Waals surface area contributed by atoms with Crippen LogP contribution in [0.15, 0.2) is 24.3 Å². The van der Waals surface area contributed by atoms with Crippen molar-refractivity contribution in [1.29, 1.82) is 0 Å². The summed E-state index contributed by atoms with van der Waals surface area (Å²) >= 11 is 0. The zero-order valence-electron chi connectivity index (χ0n) is 10.4. The molecule has 1 atom stereocenters. The summed E-state index contributed by atoms with van der Waals surface area (Å²) in [5.74, 6) is -0.839. The molecule has 0 aromatic carbocycles. The van der Waals surface area contributed by atoms with Gasteiger partial charge in [-0.3, -0.25) is 4.79 Å². The molecule has 0 heterocycles. The maximum absolute atomic E-state index is 10.2. The first kappa shape index (κ1) is 16.4. The molecule has 1 unspecified atom stereocenters. The second-order valence-electron chi connectivity index (χ2n) is 3.43. The van der Waals surface area contributed by atoms with E-state index in [0.717, 1.165) is 19.3 Å². The fourth-order valence-corrected chi connectivity index (χ4v) is 0.856. The molecule has 0 aliphatic carbocycles. The first-order valence-corrected chi connectivity index (χ1v) is 5.56. The number of aliphatic carboxylic acids is 1. The Morgan fingerprint density at radius 1 is 1.27 bits per heavy atom. The minimum absolute atomic E-state index is 0.162. The van der Waals surface area contributed by atoms with Crippen molar-refractivity contribution in [2.45, 2.75) is 47.0 Å². The highest BCUT2D eigenvalue weighted by atomic mass is 16.4. The molecule has 0 rings (SSSR count). The highest BCUT2D eigenvalue weighted by molar-refractivity contribution is 5.69. The van der Waals surface area contributed by atoms with Crippen molar-refractivity contribution in [3.63, 3.8) is 0 Å². The van der Waals surface area contributed by atoms with Gasteiger partial charge >= 0.3 is 5.97 Å². The Morgan fingerprint density at radius 3 is 2.00 bits per heavy atom. The Labute approximate surface area is 93.7 Å². The van der Waals surface area contributed by atoms with Crippen LogP contribution in [0.2, 0.25) is 0 Å². The highest BCUT2D eigenvalue weighted by Crippen LogP contribution is 2.06. The van der Waals surface area contributed by atoms with E-state index in [2.05, 4.69) is 6.92 Å². The number of carboxylic acid groups (broad SMARTS) is 1. The molecule has 1 N–H and O–H groups in total. The van der Waals surface area contributed by atoms with Gasteiger partial charge in [0.15, 0.2) is 0 Å². The number of allylic oxidation sites excluding steroid dienone is 4. The summed E-state index contributed by atoms with van der Waals surface area (Å²) in [7, 11) is 0. The van der Waals surface area contributed by atoms with Crippen molar-refractivity contribution < 1.29 is 9.90 Å². The molecule has 15 heavy (non-hydrogen) atoms. The Kier molecular flexibility index (Phi) is 14.1. The number of hydrogen-bond donors (Lipinski definition) is 1. The van der Waals surface area contributed by atoms with E-state index < -0.39 is 5.97 Å². The Bertz CT molecular complexity index is 183. The molecule has 2 heteroatoms. The monoisotopic (exact) mass is 212 g/mol. The van der Waals surface area contributed by atoms with E-state index in [1.165, 1.54) is 0 Å². The maximum atomic E-state index is 10.2. The van der Waals surface area contributed by atoms with E-state index in [1.807, 2.05) is 38.2 Å². The average molecular weight is 212 g/mol. The molecular weight excluding hydrogens is 188 g/mol. The number of unbranched alkanes of at least 4 members (excludes halogenated alkanes) is 1. The molecule has 0 fully saturated rings. The van der Waals surface area contributed by atoms with Gasteiger partial charge in [-0.25, -0.2) is 0 Å². The van der Waals surface area contributed by atoms with Crippen LogP contribution in [0.5, 0.6) is 0 Å². The van der Waals surface area contributed by atoms with Gasteiger partial charge in [-0.1, -0.05) is 51.0 Å². The maximum Gasteiger partial charge on any atom is 0.306 e. The molecule has 0 aliphatic rings. The SMILES string of the molecule is C/C=C\C=C/C.CCCCC(C)C(=O)O. The molecule has 0 bridgehead atoms. The largest absolute Gasteiger partial charge is 0.481 e. The van der Waals surface area contributed by atoms with Gasteiger partial charge in [0.25, 0.3) is 0 Å². The topological polar surface area (TPSA) is 37.3 Å². The third-order valence-corrected chi connectivity index (χ3v) is 1.91. The fourth-order valence-electron chi connectivity index (χ4n) is 0.856. The molecule has 0 saturated carbocycles. The van der Waals surface area contributed by atoms with Crippen LogP contribution in [0, 0.1) is 5.92 Å². The molecule has 88 valence electrons. The van der Waals surface area contributed by atoms with Gasteiger partial charge < -0.3 is 5.11 Å². The normalized spacial score (nSPS) is 12.5. The molecule has 0 aromatic heterocycles. The Balaban J connectivity index is 0. The molecule has 0 radical (unpaired) electrons. The second-order valence-corrected chi connectivity index (χ2v) is 3.43. The second kappa shape index (κ2) is 12.9. The van der Waals surface area contributed by atoms with E-state index in [4.69, 9.17) is 5.11 Å². The molecule has 0 aliphatic heterocycles. The minimum Gasteiger partial charge on any atom is -0.481 e. The lowest BCUT2D eigenvalue weighted by Crippen LogP contribution is -2.08. The van der Waals surface area contributed by atoms with Gasteiger partial charge in [-0.15, -0.1) is 0 Å². The summed E-state index contributed by atoms with van der Waals surface area (Å²) in [5, 5.41) is 8.41. The van der Waals surface area contributed by atoms with Crippen molar-refractivity contribution in [2.75, 3.05) is 0 Å². The summed E-state index contributed by atoms with van der Waals surface area (Å²) in [6.07, 6.45) is 10.9. The number of carboxylic acids is 1. The summed E-state index contributed by atoms with van der Waals surface area (Å²) in [6.45, 7) is 7.81. The van der Waals surface area contributed by atoms with Gasteiger partial charge in [-0.2, -0.15) is 0 Å². The summed E-state index contributed by atoms with van der Waals surface area (Å²) < 4.78 is 0. The van der Waals surface area contributed by atoms with Crippen LogP contribution in [-0.2, 0) is 4.79 Å². The minimum atomic E-state index is -0.677. The summed E-state index contributed by atoms with van der Waals surface area (Å²) in [5.41, 5.74) is 0. The third-order valence-electron chi connectivity index (χ3n) is 1.91. The summed E-state index contributed by atoms with van der Waals surface area (Å²) in [6, 6.07) is 0. The van der Waals surface area contributed by atoms with Crippen molar-refractivity contribution in [3.05, 3.63) is 24.3 Å². The lowest BCUT2D eigenvalue weighted by molar-refractivity contribution is -0.141. The van der Waals surface area contributed by atoms with Crippen molar-refractivity contribution in [1.82, 2.24) is 0 Å². The van der Waals surface area contributed by atoms with Gasteiger partial charge in [-0.05, 0) is 20.3 Å². The lowest BCUT2D eigenvalue weighted by Gasteiger charge is -2.02. The molecular formula is C13H24O2. The third kappa shape index (κ3) is 15.7. The van der Waals surface area contributed by atoms with Crippen LogP contribution in [0.3, 0.4) is 0 Å². The zero-order valence-corrected chi connectivity index (χ0v) is 10.4. The van der Waals surface area contributed by atoms with Crippen LogP contribution < -0.4 is 0 Å². The standard InChI is InChI=1S/C7H14O2.C6H10/c1-3-4-5-6(2)7(8)9;1-3-5-6-4-2/h6H,3-5H2,1-2H3,(H,8,9);3-6H,1-2H3/b;5-3-,6-4-. The Morgan fingerprint density at radius 2 is 1.73 bits per heavy atom. The van der Waals surface area contributed by atoms with Crippen LogP contribution in [-0.4, -0.2) is 11.1 Å². The van der Waals surface area contributed by atoms with Crippen molar-refractivity contribution >= 4 is 5.97 Å². The number of carbonyl (C=O) groups is 1. The van der Waals surface area contributed by atoms with Gasteiger partial charge in [0.05, 0.1) is 5.92 Å². The van der Waals surface area contributed by atoms with E-state index in [9.17, 15) is 4.79 Å². The van der Waals surface area contributed by atoms with Crippen LogP contribution >= 0.6 is 0 Å². The van der Waals surface area contributed by atoms with Crippen LogP contribution in [0.1, 0.15) is 47.0 Å². The lowest BCUT2D eigenvalue weighted by atomic mass is 10.1. The van der Waals surface area contributed by atoms with E-state index in [1.54, 1.807) is 6.92 Å². The van der Waals surface area contributed by atoms with Gasteiger partial charge in [0, 0.05) is 0 Å². The van der Waals surface area contributed by atoms with Gasteiger partial charge in [0.2, 0.25) is 0 Å². The van der Waals surface area contributed by atoms with Crippen LogP contribution in [0.4, 0.5) is 0 Å². The molecule has 0 saturated heterocycles. The molecule has 0 spiro atoms. The van der Waals surface area contributed by atoms with Crippen molar-refractivity contribution in [3.8, 4) is 0 Å². The quantitative estimate of drug-likeness (QED) is 0.698. The summed E-state index contributed by atoms with van der Waals surface area (Å²) in [4.78, 5) is 10.2. The number of rotatable bonds is 5. The predicted octanol–water partition coefficient (Wildman–Crippen LogP) is 4.04. The van der Waals surface area contributed by atoms with E-state index in [0.29, 0.717) is 0 Å². The smallest absolute Gasteiger partial charge is 0.306 e. The predicted molar refractivity (Wildman–Crippen MR) is 66.0 cm³/mol. The molecule has 2 nitrogen and oxygen atoms in total. The van der Waals surface area contributed by atoms with E-state index in [-0.39, 0.29) is 5.92 Å². The average Bonchev–Trinajstić information content (AvgIpc) is 2.23. The van der Waals surface area contributed by atoms with Crippen molar-refractivity contribution in [2.24, 2.45) is 5.92 Å². The molecule has 0 amide bonds. The number of hydrogen-bond acceptors (Lipinski definition) is 1. The zero-order chi connectivity index (χ0) is 12.1.